The Bertz CT molecular complexity index is 1130. The first kappa shape index (κ1) is 21.2. The van der Waals surface area contributed by atoms with Crippen LogP contribution in [0.4, 0.5) is 4.79 Å². The largest absolute Gasteiger partial charge is 0.481 e. The molecule has 0 radical (unpaired) electrons. The molecule has 2 amide bonds. The zero-order valence-corrected chi connectivity index (χ0v) is 18.8. The van der Waals surface area contributed by atoms with Gasteiger partial charge in [0.1, 0.15) is 12.6 Å². The van der Waals surface area contributed by atoms with Crippen molar-refractivity contribution in [2.45, 2.75) is 50.1 Å². The number of benzene rings is 2. The molecule has 0 spiro atoms. The number of hydrogen-bond acceptors (Lipinski definition) is 4. The van der Waals surface area contributed by atoms with Crippen LogP contribution >= 0.6 is 0 Å². The zero-order chi connectivity index (χ0) is 23.4. The lowest BCUT2D eigenvalue weighted by Crippen LogP contribution is -2.51. The highest BCUT2D eigenvalue weighted by Crippen LogP contribution is 2.63. The van der Waals surface area contributed by atoms with Crippen LogP contribution < -0.4 is 10.6 Å². The molecule has 2 aromatic rings. The second-order valence-corrected chi connectivity index (χ2v) is 10.3. The summed E-state index contributed by atoms with van der Waals surface area (Å²) in [6, 6.07) is 15.5. The highest BCUT2D eigenvalue weighted by molar-refractivity contribution is 5.87. The molecule has 4 atom stereocenters. The molecule has 0 aliphatic heterocycles. The molecule has 3 fully saturated rings. The first-order valence-corrected chi connectivity index (χ1v) is 12.1. The van der Waals surface area contributed by atoms with Crippen molar-refractivity contribution in [1.82, 2.24) is 10.6 Å². The van der Waals surface area contributed by atoms with Crippen LogP contribution in [0.5, 0.6) is 0 Å². The van der Waals surface area contributed by atoms with Crippen molar-refractivity contribution in [2.75, 3.05) is 6.61 Å². The molecule has 4 aliphatic rings. The number of carboxylic acids is 1. The number of amides is 2. The highest BCUT2D eigenvalue weighted by Gasteiger charge is 2.65. The Morgan fingerprint density at radius 3 is 2.24 bits per heavy atom. The third-order valence-electron chi connectivity index (χ3n) is 8.18. The number of rotatable bonds is 7. The third kappa shape index (κ3) is 3.54. The van der Waals surface area contributed by atoms with Crippen molar-refractivity contribution >= 4 is 18.0 Å². The van der Waals surface area contributed by atoms with E-state index in [2.05, 4.69) is 34.9 Å². The minimum Gasteiger partial charge on any atom is -0.481 e. The van der Waals surface area contributed by atoms with E-state index in [-0.39, 0.29) is 36.3 Å². The number of carbonyl (C=O) groups is 3. The molecule has 1 unspecified atom stereocenters. The number of carbonyl (C=O) groups excluding carboxylic acids is 2. The molecule has 3 saturated carbocycles. The molecular formula is C27H28N2O5. The predicted octanol–water partition coefficient (Wildman–Crippen LogP) is 3.67. The number of carboxylic acid groups (broad SMARTS) is 1. The first-order chi connectivity index (χ1) is 16.5. The van der Waals surface area contributed by atoms with E-state index in [1.54, 1.807) is 0 Å². The summed E-state index contributed by atoms with van der Waals surface area (Å²) >= 11 is 0. The average molecular weight is 461 g/mol. The van der Waals surface area contributed by atoms with E-state index in [9.17, 15) is 19.5 Å². The van der Waals surface area contributed by atoms with Gasteiger partial charge in [-0.15, -0.1) is 0 Å². The van der Waals surface area contributed by atoms with E-state index < -0.39 is 23.5 Å². The topological polar surface area (TPSA) is 105 Å². The maximum atomic E-state index is 13.0. The maximum absolute atomic E-state index is 13.0. The van der Waals surface area contributed by atoms with Crippen molar-refractivity contribution in [3.8, 4) is 11.1 Å². The van der Waals surface area contributed by atoms with Crippen LogP contribution in [0.25, 0.3) is 11.1 Å². The van der Waals surface area contributed by atoms with Crippen molar-refractivity contribution < 1.29 is 24.2 Å². The Labute approximate surface area is 197 Å². The molecule has 0 heterocycles. The Morgan fingerprint density at radius 2 is 1.65 bits per heavy atom. The van der Waals surface area contributed by atoms with E-state index >= 15 is 0 Å². The van der Waals surface area contributed by atoms with Gasteiger partial charge < -0.3 is 20.5 Å². The van der Waals surface area contributed by atoms with Crippen molar-refractivity contribution in [1.29, 1.82) is 0 Å². The number of nitrogens with one attached hydrogen (secondary N) is 2. The highest BCUT2D eigenvalue weighted by atomic mass is 16.5. The van der Waals surface area contributed by atoms with Crippen LogP contribution in [-0.2, 0) is 14.3 Å². The number of fused-ring (bicyclic) bond motifs is 4. The molecule has 0 aromatic heterocycles. The summed E-state index contributed by atoms with van der Waals surface area (Å²) in [7, 11) is 0. The van der Waals surface area contributed by atoms with Gasteiger partial charge in [-0.25, -0.2) is 4.79 Å². The quantitative estimate of drug-likeness (QED) is 0.585. The molecule has 7 heteroatoms. The number of alkyl carbamates (subject to hydrolysis) is 1. The summed E-state index contributed by atoms with van der Waals surface area (Å²) in [5, 5.41) is 15.3. The van der Waals surface area contributed by atoms with E-state index in [4.69, 9.17) is 4.74 Å². The SMILES string of the molecule is O=C(NC(C(=O)N[C@@H]1C[C@H]2C[C@@]2(C(=O)O)C1)C1CC1)OCC1c2ccccc2-c2ccccc21. The fourth-order valence-electron chi connectivity index (χ4n) is 6.15. The van der Waals surface area contributed by atoms with Gasteiger partial charge in [0, 0.05) is 12.0 Å². The summed E-state index contributed by atoms with van der Waals surface area (Å²) in [5.41, 5.74) is 3.96. The average Bonchev–Trinajstić information content (AvgIpc) is 3.74. The molecule has 0 saturated heterocycles. The van der Waals surface area contributed by atoms with Crippen LogP contribution in [0.3, 0.4) is 0 Å². The van der Waals surface area contributed by atoms with E-state index in [0.717, 1.165) is 35.1 Å². The van der Waals surface area contributed by atoms with Crippen LogP contribution in [-0.4, -0.2) is 41.8 Å². The van der Waals surface area contributed by atoms with Crippen LogP contribution in [0.15, 0.2) is 48.5 Å². The molecule has 176 valence electrons. The monoisotopic (exact) mass is 460 g/mol. The van der Waals surface area contributed by atoms with Gasteiger partial charge in [-0.1, -0.05) is 48.5 Å². The Hall–Kier alpha value is -3.35. The smallest absolute Gasteiger partial charge is 0.407 e. The minimum absolute atomic E-state index is 0.0382. The van der Waals surface area contributed by atoms with Gasteiger partial charge in [0.15, 0.2) is 0 Å². The summed E-state index contributed by atoms with van der Waals surface area (Å²) in [5.74, 6) is -0.772. The fourth-order valence-corrected chi connectivity index (χ4v) is 6.15. The van der Waals surface area contributed by atoms with Gasteiger partial charge in [0.2, 0.25) is 5.91 Å². The number of aliphatic carboxylic acids is 1. The lowest BCUT2D eigenvalue weighted by Gasteiger charge is -2.22. The normalized spacial score (nSPS) is 27.2. The van der Waals surface area contributed by atoms with Crippen molar-refractivity contribution in [3.63, 3.8) is 0 Å². The van der Waals surface area contributed by atoms with Crippen molar-refractivity contribution in [2.24, 2.45) is 17.3 Å². The van der Waals surface area contributed by atoms with Crippen LogP contribution in [0, 0.1) is 17.3 Å². The van der Waals surface area contributed by atoms with Crippen molar-refractivity contribution in [3.05, 3.63) is 59.7 Å². The first-order valence-electron chi connectivity index (χ1n) is 12.1. The Kier molecular flexibility index (Phi) is 4.90. The van der Waals surface area contributed by atoms with E-state index in [0.29, 0.717) is 19.3 Å². The number of ether oxygens (including phenoxy) is 1. The molecule has 6 rings (SSSR count). The van der Waals surface area contributed by atoms with Crippen LogP contribution in [0.1, 0.15) is 49.1 Å². The predicted molar refractivity (Wildman–Crippen MR) is 124 cm³/mol. The van der Waals surface area contributed by atoms with E-state index in [1.807, 2.05) is 24.3 Å². The fraction of sp³-hybridized carbons (Fsp3) is 0.444. The Balaban J connectivity index is 1.08. The second kappa shape index (κ2) is 7.86. The van der Waals surface area contributed by atoms with Crippen LogP contribution in [0.2, 0.25) is 0 Å². The number of hydrogen-bond donors (Lipinski definition) is 3. The summed E-state index contributed by atoms with van der Waals surface area (Å²) in [4.78, 5) is 37.2. The lowest BCUT2D eigenvalue weighted by molar-refractivity contribution is -0.143. The second-order valence-electron chi connectivity index (χ2n) is 10.3. The summed E-state index contributed by atoms with van der Waals surface area (Å²) < 4.78 is 5.63. The Morgan fingerprint density at radius 1 is 1.00 bits per heavy atom. The molecule has 34 heavy (non-hydrogen) atoms. The van der Waals surface area contributed by atoms with Gasteiger partial charge in [0.05, 0.1) is 5.41 Å². The van der Waals surface area contributed by atoms with Gasteiger partial charge in [-0.05, 0) is 66.2 Å². The third-order valence-corrected chi connectivity index (χ3v) is 8.18. The molecule has 4 aliphatic carbocycles. The molecule has 2 aromatic carbocycles. The molecule has 3 N–H and O–H groups in total. The van der Waals surface area contributed by atoms with E-state index in [1.165, 1.54) is 0 Å². The van der Waals surface area contributed by atoms with Gasteiger partial charge in [-0.3, -0.25) is 9.59 Å². The van der Waals surface area contributed by atoms with Gasteiger partial charge in [-0.2, -0.15) is 0 Å². The lowest BCUT2D eigenvalue weighted by atomic mass is 9.98. The maximum Gasteiger partial charge on any atom is 0.407 e. The van der Waals surface area contributed by atoms with Gasteiger partial charge in [0.25, 0.3) is 0 Å². The summed E-state index contributed by atoms with van der Waals surface area (Å²) in [6.07, 6.45) is 3.05. The molecule has 0 bridgehead atoms. The van der Waals surface area contributed by atoms with Gasteiger partial charge >= 0.3 is 12.1 Å². The molecular weight excluding hydrogens is 432 g/mol. The minimum atomic E-state index is -0.759. The summed E-state index contributed by atoms with van der Waals surface area (Å²) in [6.45, 7) is 0.199. The standard InChI is InChI=1S/C27H28N2O5/c30-24(28-17-11-16-12-27(16,13-17)25(31)32)23(15-9-10-15)29-26(33)34-14-22-20-7-3-1-5-18(20)19-6-2-4-8-21(19)22/h1-8,15-17,22-23H,9-14H2,(H,28,30)(H,29,33)(H,31,32)/t16-,17+,23?,27+/m0/s1. The zero-order valence-electron chi connectivity index (χ0n) is 18.8. The molecule has 7 nitrogen and oxygen atoms in total.